The van der Waals surface area contributed by atoms with Crippen LogP contribution < -0.4 is 14.8 Å². The summed E-state index contributed by atoms with van der Waals surface area (Å²) in [6.07, 6.45) is 0. The summed E-state index contributed by atoms with van der Waals surface area (Å²) in [5.74, 6) is 1.42. The summed E-state index contributed by atoms with van der Waals surface area (Å²) in [4.78, 5) is 12.8. The van der Waals surface area contributed by atoms with Gasteiger partial charge in [0, 0.05) is 6.07 Å². The number of aromatic nitrogens is 3. The third kappa shape index (κ3) is 4.00. The lowest BCUT2D eigenvalue weighted by molar-refractivity contribution is 0.102. The Bertz CT molecular complexity index is 1160. The van der Waals surface area contributed by atoms with Gasteiger partial charge in [0.1, 0.15) is 17.2 Å². The van der Waals surface area contributed by atoms with Crippen LogP contribution in [0.2, 0.25) is 0 Å². The van der Waals surface area contributed by atoms with Crippen LogP contribution >= 0.6 is 0 Å². The number of amides is 1. The highest BCUT2D eigenvalue weighted by molar-refractivity contribution is 6.04. The minimum absolute atomic E-state index is 0.241. The number of carbonyl (C=O) groups is 1. The number of rotatable bonds is 6. The molecule has 0 aliphatic rings. The van der Waals surface area contributed by atoms with Crippen molar-refractivity contribution in [3.63, 3.8) is 0 Å². The van der Waals surface area contributed by atoms with Crippen LogP contribution in [0.25, 0.3) is 5.69 Å². The molecule has 4 rings (SSSR count). The molecule has 0 saturated heterocycles. The fourth-order valence-corrected chi connectivity index (χ4v) is 3.00. The van der Waals surface area contributed by atoms with E-state index in [9.17, 15) is 4.79 Å². The van der Waals surface area contributed by atoms with E-state index < -0.39 is 0 Å². The highest BCUT2D eigenvalue weighted by Crippen LogP contribution is 2.32. The zero-order valence-corrected chi connectivity index (χ0v) is 16.6. The van der Waals surface area contributed by atoms with Crippen LogP contribution in [0.15, 0.2) is 78.9 Å². The summed E-state index contributed by atoms with van der Waals surface area (Å²) < 4.78 is 12.9. The summed E-state index contributed by atoms with van der Waals surface area (Å²) in [5, 5.41) is 11.0. The maximum absolute atomic E-state index is 12.8. The van der Waals surface area contributed by atoms with Crippen LogP contribution in [0.5, 0.6) is 17.2 Å². The van der Waals surface area contributed by atoms with Crippen molar-refractivity contribution in [1.29, 1.82) is 0 Å². The molecule has 0 spiro atoms. The molecule has 1 aromatic heterocycles. The number of ether oxygens (including phenoxy) is 2. The lowest BCUT2D eigenvalue weighted by atomic mass is 10.2. The number of hydrogen-bond acceptors (Lipinski definition) is 5. The van der Waals surface area contributed by atoms with E-state index >= 15 is 0 Å². The number of methoxy groups -OCH3 is 1. The van der Waals surface area contributed by atoms with Gasteiger partial charge in [-0.3, -0.25) is 4.79 Å². The van der Waals surface area contributed by atoms with Gasteiger partial charge < -0.3 is 14.8 Å². The molecule has 0 fully saturated rings. The summed E-state index contributed by atoms with van der Waals surface area (Å²) in [6, 6.07) is 24.2. The molecule has 1 heterocycles. The van der Waals surface area contributed by atoms with E-state index in [1.165, 1.54) is 7.11 Å². The molecule has 4 aromatic rings. The average molecular weight is 400 g/mol. The van der Waals surface area contributed by atoms with Gasteiger partial charge >= 0.3 is 0 Å². The lowest BCUT2D eigenvalue weighted by Gasteiger charge is -2.12. The molecule has 3 aromatic carbocycles. The van der Waals surface area contributed by atoms with E-state index in [1.54, 1.807) is 29.8 Å². The van der Waals surface area contributed by atoms with Crippen LogP contribution in [0, 0.1) is 6.92 Å². The molecule has 0 atom stereocenters. The Hall–Kier alpha value is -4.13. The minimum atomic E-state index is -0.371. The van der Waals surface area contributed by atoms with Crippen molar-refractivity contribution < 1.29 is 14.3 Å². The number of anilines is 1. The summed E-state index contributed by atoms with van der Waals surface area (Å²) in [7, 11) is 1.54. The predicted molar refractivity (Wildman–Crippen MR) is 114 cm³/mol. The van der Waals surface area contributed by atoms with E-state index in [4.69, 9.17) is 9.47 Å². The van der Waals surface area contributed by atoms with E-state index in [0.29, 0.717) is 28.6 Å². The number of nitrogens with one attached hydrogen (secondary N) is 1. The van der Waals surface area contributed by atoms with Crippen LogP contribution in [-0.2, 0) is 0 Å². The molecule has 0 aliphatic carbocycles. The van der Waals surface area contributed by atoms with Crippen molar-refractivity contribution in [2.24, 2.45) is 0 Å². The van der Waals surface area contributed by atoms with Crippen molar-refractivity contribution in [2.45, 2.75) is 6.92 Å². The average Bonchev–Trinajstić information content (AvgIpc) is 3.17. The van der Waals surface area contributed by atoms with Crippen LogP contribution in [0.3, 0.4) is 0 Å². The van der Waals surface area contributed by atoms with Crippen molar-refractivity contribution in [1.82, 2.24) is 15.0 Å². The van der Waals surface area contributed by atoms with E-state index in [-0.39, 0.29) is 11.6 Å². The molecule has 0 radical (unpaired) electrons. The summed E-state index contributed by atoms with van der Waals surface area (Å²) >= 11 is 0. The number of nitrogens with zero attached hydrogens (tertiary/aromatic N) is 3. The monoisotopic (exact) mass is 400 g/mol. The normalized spacial score (nSPS) is 10.5. The van der Waals surface area contributed by atoms with Crippen molar-refractivity contribution >= 4 is 11.6 Å². The molecule has 0 bridgehead atoms. The smallest absolute Gasteiger partial charge is 0.278 e. The molecule has 1 amide bonds. The van der Waals surface area contributed by atoms with Gasteiger partial charge in [0.25, 0.3) is 5.91 Å². The third-order valence-electron chi connectivity index (χ3n) is 4.51. The molecular formula is C23H20N4O3. The second kappa shape index (κ2) is 8.48. The highest BCUT2D eigenvalue weighted by atomic mass is 16.5. The first-order chi connectivity index (χ1) is 14.7. The Balaban J connectivity index is 1.54. The second-order valence-electron chi connectivity index (χ2n) is 6.50. The highest BCUT2D eigenvalue weighted by Gasteiger charge is 2.19. The SMILES string of the molecule is COc1cc(Oc2ccccc2)ccc1NC(=O)c1nnn(-c2ccccc2)c1C. The molecule has 7 heteroatoms. The maximum Gasteiger partial charge on any atom is 0.278 e. The maximum atomic E-state index is 12.8. The van der Waals surface area contributed by atoms with Gasteiger partial charge in [0.15, 0.2) is 5.69 Å². The van der Waals surface area contributed by atoms with Crippen LogP contribution in [0.1, 0.15) is 16.2 Å². The Morgan fingerprint density at radius 1 is 0.933 bits per heavy atom. The third-order valence-corrected chi connectivity index (χ3v) is 4.51. The standard InChI is InChI=1S/C23H20N4O3/c1-16-22(25-26-27(16)17-9-5-3-6-10-17)23(28)24-20-14-13-19(15-21(20)29-2)30-18-11-7-4-8-12-18/h3-15H,1-2H3,(H,24,28). The Kier molecular flexibility index (Phi) is 5.43. The van der Waals surface area contributed by atoms with E-state index in [0.717, 1.165) is 5.69 Å². The minimum Gasteiger partial charge on any atom is -0.494 e. The number of benzene rings is 3. The Labute approximate surface area is 173 Å². The van der Waals surface area contributed by atoms with Gasteiger partial charge in [-0.05, 0) is 43.3 Å². The molecule has 0 aliphatic heterocycles. The first kappa shape index (κ1) is 19.2. The summed E-state index contributed by atoms with van der Waals surface area (Å²) in [6.45, 7) is 1.80. The molecule has 0 saturated carbocycles. The zero-order valence-electron chi connectivity index (χ0n) is 16.6. The van der Waals surface area contributed by atoms with Gasteiger partial charge in [-0.15, -0.1) is 5.10 Å². The molecule has 150 valence electrons. The van der Waals surface area contributed by atoms with Gasteiger partial charge in [-0.2, -0.15) is 0 Å². The fraction of sp³-hybridized carbons (Fsp3) is 0.0870. The largest absolute Gasteiger partial charge is 0.494 e. The van der Waals surface area contributed by atoms with Gasteiger partial charge in [0.2, 0.25) is 0 Å². The van der Waals surface area contributed by atoms with Crippen LogP contribution in [-0.4, -0.2) is 28.0 Å². The topological polar surface area (TPSA) is 78.3 Å². The van der Waals surface area contributed by atoms with Crippen molar-refractivity contribution in [3.05, 3.63) is 90.3 Å². The number of carbonyl (C=O) groups excluding carboxylic acids is 1. The predicted octanol–water partition coefficient (Wildman–Crippen LogP) is 4.63. The lowest BCUT2D eigenvalue weighted by Crippen LogP contribution is -2.15. The first-order valence-electron chi connectivity index (χ1n) is 9.35. The fourth-order valence-electron chi connectivity index (χ4n) is 3.00. The molecule has 1 N–H and O–H groups in total. The number of hydrogen-bond donors (Lipinski definition) is 1. The quantitative estimate of drug-likeness (QED) is 0.511. The summed E-state index contributed by atoms with van der Waals surface area (Å²) in [5.41, 5.74) is 2.23. The second-order valence-corrected chi connectivity index (χ2v) is 6.50. The molecule has 0 unspecified atom stereocenters. The molecule has 7 nitrogen and oxygen atoms in total. The molecule has 30 heavy (non-hydrogen) atoms. The van der Waals surface area contributed by atoms with E-state index in [1.807, 2.05) is 60.7 Å². The van der Waals surface area contributed by atoms with Crippen molar-refractivity contribution in [2.75, 3.05) is 12.4 Å². The van der Waals surface area contributed by atoms with Gasteiger partial charge in [-0.1, -0.05) is 41.6 Å². The Morgan fingerprint density at radius 2 is 1.63 bits per heavy atom. The van der Waals surface area contributed by atoms with E-state index in [2.05, 4.69) is 15.6 Å². The molecular weight excluding hydrogens is 380 g/mol. The van der Waals surface area contributed by atoms with Gasteiger partial charge in [-0.25, -0.2) is 4.68 Å². The zero-order chi connectivity index (χ0) is 20.9. The Morgan fingerprint density at radius 3 is 2.33 bits per heavy atom. The van der Waals surface area contributed by atoms with Crippen molar-refractivity contribution in [3.8, 4) is 22.9 Å². The van der Waals surface area contributed by atoms with Gasteiger partial charge in [0.05, 0.1) is 24.2 Å². The number of para-hydroxylation sites is 2. The van der Waals surface area contributed by atoms with Crippen LogP contribution in [0.4, 0.5) is 5.69 Å². The first-order valence-corrected chi connectivity index (χ1v) is 9.35.